The van der Waals surface area contributed by atoms with Crippen LogP contribution in [-0.2, 0) is 10.8 Å². The molecular weight excluding hydrogens is 687 g/mol. The average molecular weight is 722 g/mol. The SMILES string of the molecule is CC1(C)c2ccccc2-c2c(N(c3ccc4c(c3)C3(c5ccccc5S4)c4ccccc4-c4ccccc43)c3cccc4oc5ccccc5c34)cccc21. The number of nitrogens with zero attached hydrogens (tertiary/aromatic N) is 1. The van der Waals surface area contributed by atoms with Crippen LogP contribution in [0, 0.1) is 0 Å². The number of anilines is 3. The van der Waals surface area contributed by atoms with Crippen LogP contribution >= 0.6 is 11.8 Å². The van der Waals surface area contributed by atoms with Gasteiger partial charge in [0.15, 0.2) is 0 Å². The zero-order valence-corrected chi connectivity index (χ0v) is 31.3. The predicted octanol–water partition coefficient (Wildman–Crippen LogP) is 14.2. The predicted molar refractivity (Wildman–Crippen MR) is 227 cm³/mol. The topological polar surface area (TPSA) is 16.4 Å². The Labute approximate surface area is 324 Å². The monoisotopic (exact) mass is 721 g/mol. The maximum Gasteiger partial charge on any atom is 0.137 e. The molecule has 8 aromatic carbocycles. The summed E-state index contributed by atoms with van der Waals surface area (Å²) in [6.07, 6.45) is 0. The van der Waals surface area contributed by atoms with Crippen molar-refractivity contribution in [1.29, 1.82) is 0 Å². The molecule has 0 N–H and O–H groups in total. The molecule has 3 heteroatoms. The van der Waals surface area contributed by atoms with E-state index in [0.717, 1.165) is 33.3 Å². The summed E-state index contributed by atoms with van der Waals surface area (Å²) in [6.45, 7) is 4.73. The lowest BCUT2D eigenvalue weighted by Crippen LogP contribution is -2.32. The van der Waals surface area contributed by atoms with Crippen molar-refractivity contribution in [2.24, 2.45) is 0 Å². The van der Waals surface area contributed by atoms with Crippen molar-refractivity contribution in [2.75, 3.05) is 4.90 Å². The van der Waals surface area contributed by atoms with Gasteiger partial charge in [0.05, 0.1) is 22.2 Å². The van der Waals surface area contributed by atoms with Gasteiger partial charge >= 0.3 is 0 Å². The fourth-order valence-corrected chi connectivity index (χ4v) is 11.4. The van der Waals surface area contributed by atoms with Gasteiger partial charge in [-0.1, -0.05) is 153 Å². The van der Waals surface area contributed by atoms with E-state index >= 15 is 0 Å². The van der Waals surface area contributed by atoms with E-state index in [1.54, 1.807) is 0 Å². The minimum Gasteiger partial charge on any atom is -0.456 e. The smallest absolute Gasteiger partial charge is 0.137 e. The second-order valence-corrected chi connectivity index (χ2v) is 16.7. The molecule has 3 aliphatic rings. The van der Waals surface area contributed by atoms with E-state index in [4.69, 9.17) is 4.42 Å². The second-order valence-electron chi connectivity index (χ2n) is 15.6. The molecule has 1 aromatic heterocycles. The highest BCUT2D eigenvalue weighted by atomic mass is 32.2. The van der Waals surface area contributed by atoms with Crippen molar-refractivity contribution in [3.8, 4) is 22.3 Å². The average Bonchev–Trinajstić information content (AvgIpc) is 3.84. The molecule has 12 rings (SSSR count). The maximum atomic E-state index is 6.55. The van der Waals surface area contributed by atoms with Crippen molar-refractivity contribution < 1.29 is 4.42 Å². The highest BCUT2D eigenvalue weighted by Crippen LogP contribution is 2.63. The molecule has 0 bridgehead atoms. The van der Waals surface area contributed by atoms with Gasteiger partial charge in [0.2, 0.25) is 0 Å². The first-order chi connectivity index (χ1) is 27.0. The van der Waals surface area contributed by atoms with Gasteiger partial charge in [-0.15, -0.1) is 0 Å². The molecule has 9 aromatic rings. The summed E-state index contributed by atoms with van der Waals surface area (Å²) in [5.41, 5.74) is 17.8. The molecule has 0 radical (unpaired) electrons. The van der Waals surface area contributed by atoms with Crippen LogP contribution in [0.2, 0.25) is 0 Å². The summed E-state index contributed by atoms with van der Waals surface area (Å²) >= 11 is 1.89. The van der Waals surface area contributed by atoms with Crippen molar-refractivity contribution in [2.45, 2.75) is 34.5 Å². The Hall–Kier alpha value is -6.29. The Morgan fingerprint density at radius 1 is 0.455 bits per heavy atom. The van der Waals surface area contributed by atoms with Crippen LogP contribution in [-0.4, -0.2) is 0 Å². The third-order valence-corrected chi connectivity index (χ3v) is 13.7. The Bertz CT molecular complexity index is 3030. The molecule has 2 heterocycles. The van der Waals surface area contributed by atoms with Gasteiger partial charge in [0, 0.05) is 31.8 Å². The normalized spacial score (nSPS) is 14.9. The van der Waals surface area contributed by atoms with Crippen LogP contribution in [0.25, 0.3) is 44.2 Å². The van der Waals surface area contributed by atoms with Crippen LogP contribution in [0.15, 0.2) is 190 Å². The number of rotatable bonds is 3. The molecular formula is C52H35NOS. The Morgan fingerprint density at radius 3 is 1.84 bits per heavy atom. The Kier molecular flexibility index (Phi) is 6.29. The lowest BCUT2D eigenvalue weighted by molar-refractivity contribution is 0.660. The molecule has 2 nitrogen and oxygen atoms in total. The van der Waals surface area contributed by atoms with Gasteiger partial charge in [0.25, 0.3) is 0 Å². The second kappa shape index (κ2) is 11.1. The summed E-state index contributed by atoms with van der Waals surface area (Å²) in [6, 6.07) is 65.2. The first kappa shape index (κ1) is 31.1. The van der Waals surface area contributed by atoms with E-state index in [0.29, 0.717) is 0 Å². The van der Waals surface area contributed by atoms with Crippen LogP contribution in [0.3, 0.4) is 0 Å². The summed E-state index contributed by atoms with van der Waals surface area (Å²) in [4.78, 5) is 5.11. The third kappa shape index (κ3) is 4.01. The van der Waals surface area contributed by atoms with Crippen LogP contribution < -0.4 is 4.90 Å². The van der Waals surface area contributed by atoms with Gasteiger partial charge in [-0.2, -0.15) is 0 Å². The molecule has 0 saturated heterocycles. The van der Waals surface area contributed by atoms with Gasteiger partial charge in [-0.25, -0.2) is 0 Å². The van der Waals surface area contributed by atoms with Crippen LogP contribution in [0.1, 0.15) is 47.2 Å². The molecule has 260 valence electrons. The zero-order valence-electron chi connectivity index (χ0n) is 30.5. The number of benzene rings is 8. The third-order valence-electron chi connectivity index (χ3n) is 12.5. The number of fused-ring (bicyclic) bond motifs is 15. The first-order valence-electron chi connectivity index (χ1n) is 19.1. The summed E-state index contributed by atoms with van der Waals surface area (Å²) in [5.74, 6) is 0. The Morgan fingerprint density at radius 2 is 1.04 bits per heavy atom. The van der Waals surface area contributed by atoms with E-state index in [1.165, 1.54) is 71.1 Å². The fraction of sp³-hybridized carbons (Fsp3) is 0.0769. The van der Waals surface area contributed by atoms with Crippen molar-refractivity contribution in [3.63, 3.8) is 0 Å². The maximum absolute atomic E-state index is 6.55. The van der Waals surface area contributed by atoms with Crippen LogP contribution in [0.4, 0.5) is 17.1 Å². The number of furan rings is 1. The highest BCUT2D eigenvalue weighted by Gasteiger charge is 2.50. The number of hydrogen-bond donors (Lipinski definition) is 0. The lowest BCUT2D eigenvalue weighted by atomic mass is 9.67. The minimum absolute atomic E-state index is 0.139. The molecule has 1 aliphatic heterocycles. The van der Waals surface area contributed by atoms with E-state index in [2.05, 4.69) is 195 Å². The standard InChI is InChI=1S/C52H35NOS/c1-51(2)37-19-7-5-17-35(37)49-41(51)23-13-24-43(49)53(44-25-14-27-46-50(44)36-18-6-11-26-45(36)54-46)32-29-30-48-42(31-32)52(40-22-10-12-28-47(40)55-48)38-20-8-3-15-33(38)34-16-4-9-21-39(34)52/h3-31H,1-2H3. The van der Waals surface area contributed by atoms with Gasteiger partial charge in [0.1, 0.15) is 11.2 Å². The van der Waals surface area contributed by atoms with Crippen molar-refractivity contribution in [1.82, 2.24) is 0 Å². The molecule has 55 heavy (non-hydrogen) atoms. The fourth-order valence-electron chi connectivity index (χ4n) is 10.3. The molecule has 1 spiro atoms. The zero-order chi connectivity index (χ0) is 36.5. The Balaban J connectivity index is 1.20. The van der Waals surface area contributed by atoms with E-state index in [-0.39, 0.29) is 5.41 Å². The molecule has 0 unspecified atom stereocenters. The van der Waals surface area contributed by atoms with E-state index in [1.807, 2.05) is 11.8 Å². The molecule has 2 aliphatic carbocycles. The summed E-state index contributed by atoms with van der Waals surface area (Å²) in [5, 5.41) is 2.23. The molecule has 0 amide bonds. The van der Waals surface area contributed by atoms with Gasteiger partial charge in [-0.3, -0.25) is 0 Å². The van der Waals surface area contributed by atoms with Gasteiger partial charge in [-0.05, 0) is 98.6 Å². The highest BCUT2D eigenvalue weighted by molar-refractivity contribution is 7.99. The lowest BCUT2D eigenvalue weighted by Gasteiger charge is -2.40. The van der Waals surface area contributed by atoms with E-state index < -0.39 is 5.41 Å². The number of hydrogen-bond acceptors (Lipinski definition) is 3. The largest absolute Gasteiger partial charge is 0.456 e. The quantitative estimate of drug-likeness (QED) is 0.181. The van der Waals surface area contributed by atoms with Crippen molar-refractivity contribution in [3.05, 3.63) is 209 Å². The van der Waals surface area contributed by atoms with E-state index in [9.17, 15) is 0 Å². The minimum atomic E-state index is -0.479. The molecule has 0 atom stereocenters. The van der Waals surface area contributed by atoms with Gasteiger partial charge < -0.3 is 9.32 Å². The first-order valence-corrected chi connectivity index (χ1v) is 19.9. The van der Waals surface area contributed by atoms with Crippen molar-refractivity contribution >= 4 is 50.8 Å². The number of para-hydroxylation sites is 1. The molecule has 0 fully saturated rings. The molecule has 0 saturated carbocycles. The van der Waals surface area contributed by atoms with Crippen LogP contribution in [0.5, 0.6) is 0 Å². The summed E-state index contributed by atoms with van der Waals surface area (Å²) in [7, 11) is 0. The summed E-state index contributed by atoms with van der Waals surface area (Å²) < 4.78 is 6.55.